The van der Waals surface area contributed by atoms with Crippen LogP contribution in [0.4, 0.5) is 0 Å². The fourth-order valence-corrected chi connectivity index (χ4v) is 4.02. The van der Waals surface area contributed by atoms with E-state index in [4.69, 9.17) is 9.16 Å². The first kappa shape index (κ1) is 19.9. The molecule has 0 aliphatic heterocycles. The number of ether oxygens (including phenoxy) is 1. The summed E-state index contributed by atoms with van der Waals surface area (Å²) in [5.41, 5.74) is 2.64. The fourth-order valence-electron chi connectivity index (χ4n) is 3.12. The minimum Gasteiger partial charge on any atom is -0.417 e. The molecule has 0 aromatic heterocycles. The van der Waals surface area contributed by atoms with Gasteiger partial charge in [-0.05, 0) is 43.1 Å². The fraction of sp³-hybridized carbons (Fsp3) is 0.455. The Bertz CT molecular complexity index is 569. The van der Waals surface area contributed by atoms with Crippen molar-refractivity contribution < 1.29 is 9.16 Å². The van der Waals surface area contributed by atoms with Crippen LogP contribution in [0.15, 0.2) is 60.7 Å². The van der Waals surface area contributed by atoms with Crippen LogP contribution >= 0.6 is 0 Å². The predicted molar refractivity (Wildman–Crippen MR) is 109 cm³/mol. The molecule has 0 N–H and O–H groups in total. The molecule has 25 heavy (non-hydrogen) atoms. The first-order valence-electron chi connectivity index (χ1n) is 9.19. The second-order valence-electron chi connectivity index (χ2n) is 7.66. The molecule has 2 nitrogen and oxygen atoms in total. The molecule has 0 aliphatic carbocycles. The molecule has 0 unspecified atom stereocenters. The van der Waals surface area contributed by atoms with Crippen LogP contribution in [-0.2, 0) is 22.0 Å². The smallest absolute Gasteiger partial charge is 0.186 e. The Kier molecular flexibility index (Phi) is 7.42. The summed E-state index contributed by atoms with van der Waals surface area (Å²) in [7, 11) is 0.193. The van der Waals surface area contributed by atoms with Gasteiger partial charge in [0.15, 0.2) is 8.32 Å². The Balaban J connectivity index is 2.28. The molecule has 136 valence electrons. The van der Waals surface area contributed by atoms with Crippen molar-refractivity contribution in [1.29, 1.82) is 0 Å². The molecular weight excluding hydrogens is 324 g/mol. The molecule has 0 saturated carbocycles. The van der Waals surface area contributed by atoms with Crippen molar-refractivity contribution in [1.82, 2.24) is 0 Å². The highest BCUT2D eigenvalue weighted by Crippen LogP contribution is 2.31. The van der Waals surface area contributed by atoms with Crippen molar-refractivity contribution in [2.45, 2.75) is 38.9 Å². The molecule has 2 aromatic carbocycles. The van der Waals surface area contributed by atoms with Crippen molar-refractivity contribution in [3.63, 3.8) is 0 Å². The summed E-state index contributed by atoms with van der Waals surface area (Å²) in [6.07, 6.45) is 1.93. The number of benzene rings is 2. The van der Waals surface area contributed by atoms with Crippen LogP contribution in [0.5, 0.6) is 0 Å². The van der Waals surface area contributed by atoms with Crippen LogP contribution in [0, 0.1) is 5.41 Å². The van der Waals surface area contributed by atoms with Crippen LogP contribution in [-0.4, -0.2) is 28.6 Å². The normalized spacial score (nSPS) is 12.3. The maximum atomic E-state index is 6.50. The molecule has 0 bridgehead atoms. The first-order valence-corrected chi connectivity index (χ1v) is 12.3. The topological polar surface area (TPSA) is 18.5 Å². The van der Waals surface area contributed by atoms with Crippen LogP contribution in [0.2, 0.25) is 19.1 Å². The zero-order chi connectivity index (χ0) is 18.2. The molecule has 2 rings (SSSR count). The average molecular weight is 357 g/mol. The lowest BCUT2D eigenvalue weighted by atomic mass is 9.78. The summed E-state index contributed by atoms with van der Waals surface area (Å²) in [4.78, 5) is 0. The second-order valence-corrected chi connectivity index (χ2v) is 12.2. The second kappa shape index (κ2) is 9.32. The van der Waals surface area contributed by atoms with Crippen molar-refractivity contribution >= 4 is 8.32 Å². The Labute approximate surface area is 154 Å². The zero-order valence-corrected chi connectivity index (χ0v) is 17.1. The number of hydrogen-bond donors (Lipinski definition) is 0. The summed E-state index contributed by atoms with van der Waals surface area (Å²) in [5, 5.41) is 0. The maximum Gasteiger partial charge on any atom is 0.186 e. The Morgan fingerprint density at radius 1 is 0.800 bits per heavy atom. The Morgan fingerprint density at radius 3 is 1.68 bits per heavy atom. The van der Waals surface area contributed by atoms with E-state index in [1.807, 2.05) is 0 Å². The van der Waals surface area contributed by atoms with Gasteiger partial charge in [-0.25, -0.2) is 0 Å². The standard InChI is InChI=1S/C22H32O2Si/c1-5-25(3,4)24-19-22(18-23-2,16-20-12-8-6-9-13-20)17-21-14-10-7-11-15-21/h6-15H,5,16-19H2,1-4H3. The minimum atomic E-state index is -1.61. The largest absolute Gasteiger partial charge is 0.417 e. The minimum absolute atomic E-state index is 0.0447. The molecule has 0 aliphatic rings. The van der Waals surface area contributed by atoms with E-state index in [0.717, 1.165) is 25.5 Å². The van der Waals surface area contributed by atoms with Gasteiger partial charge in [-0.1, -0.05) is 67.6 Å². The van der Waals surface area contributed by atoms with Crippen LogP contribution in [0.25, 0.3) is 0 Å². The Hall–Kier alpha value is -1.42. The molecule has 2 aromatic rings. The van der Waals surface area contributed by atoms with Crippen molar-refractivity contribution in [2.24, 2.45) is 5.41 Å². The van der Waals surface area contributed by atoms with Gasteiger partial charge in [-0.15, -0.1) is 0 Å². The molecule has 3 heteroatoms. The van der Waals surface area contributed by atoms with Gasteiger partial charge in [0.1, 0.15) is 0 Å². The third kappa shape index (κ3) is 6.42. The Morgan fingerprint density at radius 2 is 1.28 bits per heavy atom. The van der Waals surface area contributed by atoms with E-state index in [2.05, 4.69) is 80.7 Å². The molecule has 0 saturated heterocycles. The molecule has 0 amide bonds. The highest BCUT2D eigenvalue weighted by atomic mass is 28.4. The van der Waals surface area contributed by atoms with E-state index in [9.17, 15) is 0 Å². The number of rotatable bonds is 10. The quantitative estimate of drug-likeness (QED) is 0.535. The zero-order valence-electron chi connectivity index (χ0n) is 16.1. The molecule has 0 radical (unpaired) electrons. The molecular formula is C22H32O2Si. The van der Waals surface area contributed by atoms with Gasteiger partial charge < -0.3 is 9.16 Å². The summed E-state index contributed by atoms with van der Waals surface area (Å²) in [6.45, 7) is 8.28. The van der Waals surface area contributed by atoms with Crippen molar-refractivity contribution in [3.05, 3.63) is 71.8 Å². The van der Waals surface area contributed by atoms with E-state index in [1.54, 1.807) is 7.11 Å². The predicted octanol–water partition coefficient (Wildman–Crippen LogP) is 5.35. The molecule has 0 spiro atoms. The summed E-state index contributed by atoms with van der Waals surface area (Å²) in [6, 6.07) is 22.5. The monoisotopic (exact) mass is 356 g/mol. The van der Waals surface area contributed by atoms with Crippen LogP contribution < -0.4 is 0 Å². The van der Waals surface area contributed by atoms with E-state index < -0.39 is 8.32 Å². The van der Waals surface area contributed by atoms with Crippen molar-refractivity contribution in [3.8, 4) is 0 Å². The third-order valence-electron chi connectivity index (χ3n) is 4.91. The van der Waals surface area contributed by atoms with Gasteiger partial charge in [0.05, 0.1) is 6.61 Å². The summed E-state index contributed by atoms with van der Waals surface area (Å²) < 4.78 is 12.2. The molecule has 0 fully saturated rings. The van der Waals surface area contributed by atoms with Crippen molar-refractivity contribution in [2.75, 3.05) is 20.3 Å². The van der Waals surface area contributed by atoms with E-state index in [-0.39, 0.29) is 5.41 Å². The molecule has 0 atom stereocenters. The summed E-state index contributed by atoms with van der Waals surface area (Å²) in [5.74, 6) is 0. The summed E-state index contributed by atoms with van der Waals surface area (Å²) >= 11 is 0. The lowest BCUT2D eigenvalue weighted by Gasteiger charge is -2.36. The SMILES string of the molecule is CC[Si](C)(C)OCC(COC)(Cc1ccccc1)Cc1ccccc1. The number of hydrogen-bond acceptors (Lipinski definition) is 2. The maximum absolute atomic E-state index is 6.50. The first-order chi connectivity index (χ1) is 12.0. The average Bonchev–Trinajstić information content (AvgIpc) is 2.62. The van der Waals surface area contributed by atoms with Crippen LogP contribution in [0.1, 0.15) is 18.1 Å². The van der Waals surface area contributed by atoms with Crippen LogP contribution in [0.3, 0.4) is 0 Å². The van der Waals surface area contributed by atoms with E-state index in [0.29, 0.717) is 6.61 Å². The highest BCUT2D eigenvalue weighted by Gasteiger charge is 2.34. The van der Waals surface area contributed by atoms with Gasteiger partial charge in [-0.3, -0.25) is 0 Å². The third-order valence-corrected chi connectivity index (χ3v) is 7.54. The van der Waals surface area contributed by atoms with Gasteiger partial charge >= 0.3 is 0 Å². The molecule has 0 heterocycles. The lowest BCUT2D eigenvalue weighted by molar-refractivity contribution is 0.0352. The van der Waals surface area contributed by atoms with Gasteiger partial charge in [-0.2, -0.15) is 0 Å². The van der Waals surface area contributed by atoms with E-state index >= 15 is 0 Å². The van der Waals surface area contributed by atoms with Gasteiger partial charge in [0.2, 0.25) is 0 Å². The van der Waals surface area contributed by atoms with Gasteiger partial charge in [0, 0.05) is 19.1 Å². The highest BCUT2D eigenvalue weighted by molar-refractivity contribution is 6.71. The number of methoxy groups -OCH3 is 1. The lowest BCUT2D eigenvalue weighted by Crippen LogP contribution is -2.42. The van der Waals surface area contributed by atoms with Gasteiger partial charge in [0.25, 0.3) is 0 Å². The van der Waals surface area contributed by atoms with E-state index in [1.165, 1.54) is 11.1 Å².